The number of sulfonamides is 1. The first-order chi connectivity index (χ1) is 14.0. The molecule has 0 bridgehead atoms. The van der Waals surface area contributed by atoms with Crippen LogP contribution in [0.1, 0.15) is 5.56 Å². The second-order valence-electron chi connectivity index (χ2n) is 6.42. The first-order valence-corrected chi connectivity index (χ1v) is 11.6. The van der Waals surface area contributed by atoms with Gasteiger partial charge in [-0.3, -0.25) is 4.98 Å². The summed E-state index contributed by atoms with van der Waals surface area (Å²) >= 11 is 7.55. The van der Waals surface area contributed by atoms with Gasteiger partial charge in [-0.25, -0.2) is 13.1 Å². The van der Waals surface area contributed by atoms with Crippen LogP contribution in [-0.2, 0) is 16.6 Å². The molecule has 4 nitrogen and oxygen atoms in total. The van der Waals surface area contributed by atoms with E-state index in [4.69, 9.17) is 11.6 Å². The highest BCUT2D eigenvalue weighted by molar-refractivity contribution is 7.89. The van der Waals surface area contributed by atoms with Crippen molar-refractivity contribution in [1.29, 1.82) is 0 Å². The third-order valence-corrected chi connectivity index (χ3v) is 6.96. The standard InChI is InChI=1S/C22H17ClN2O2S2/c23-20-8-6-17(7-9-20)18-3-1-4-21(12-18)29(26,27)25-14-16-11-19(15-24-13-16)22-5-2-10-28-22/h1-13,15,25H,14H2. The molecule has 4 aromatic rings. The van der Waals surface area contributed by atoms with E-state index < -0.39 is 10.0 Å². The summed E-state index contributed by atoms with van der Waals surface area (Å²) in [4.78, 5) is 5.55. The van der Waals surface area contributed by atoms with Crippen LogP contribution in [0.5, 0.6) is 0 Å². The predicted octanol–water partition coefficient (Wildman–Crippen LogP) is 5.61. The number of hydrogen-bond donors (Lipinski definition) is 1. The minimum atomic E-state index is -3.67. The van der Waals surface area contributed by atoms with Gasteiger partial charge in [-0.1, -0.05) is 41.9 Å². The Balaban J connectivity index is 1.53. The van der Waals surface area contributed by atoms with E-state index in [1.165, 1.54) is 0 Å². The van der Waals surface area contributed by atoms with Gasteiger partial charge in [-0.05, 0) is 58.5 Å². The molecule has 29 heavy (non-hydrogen) atoms. The number of nitrogens with zero attached hydrogens (tertiary/aromatic N) is 1. The van der Waals surface area contributed by atoms with Crippen LogP contribution in [0.15, 0.2) is 89.4 Å². The molecule has 2 aromatic carbocycles. The van der Waals surface area contributed by atoms with Gasteiger partial charge in [0.25, 0.3) is 0 Å². The molecule has 0 radical (unpaired) electrons. The number of halogens is 1. The lowest BCUT2D eigenvalue weighted by Gasteiger charge is -2.09. The Bertz CT molecular complexity index is 1220. The van der Waals surface area contributed by atoms with Crippen LogP contribution < -0.4 is 4.72 Å². The molecule has 0 saturated carbocycles. The largest absolute Gasteiger partial charge is 0.264 e. The summed E-state index contributed by atoms with van der Waals surface area (Å²) in [6.45, 7) is 0.166. The molecule has 4 rings (SSSR count). The Morgan fingerprint density at radius 3 is 2.48 bits per heavy atom. The first-order valence-electron chi connectivity index (χ1n) is 8.85. The van der Waals surface area contributed by atoms with E-state index in [0.29, 0.717) is 5.02 Å². The van der Waals surface area contributed by atoms with E-state index in [2.05, 4.69) is 9.71 Å². The second kappa shape index (κ2) is 8.47. The number of aromatic nitrogens is 1. The zero-order valence-corrected chi connectivity index (χ0v) is 17.6. The monoisotopic (exact) mass is 440 g/mol. The summed E-state index contributed by atoms with van der Waals surface area (Å²) in [5.41, 5.74) is 3.49. The van der Waals surface area contributed by atoms with Gasteiger partial charge in [0.15, 0.2) is 0 Å². The number of benzene rings is 2. The topological polar surface area (TPSA) is 59.1 Å². The fraction of sp³-hybridized carbons (Fsp3) is 0.0455. The lowest BCUT2D eigenvalue weighted by atomic mass is 10.1. The maximum absolute atomic E-state index is 12.8. The highest BCUT2D eigenvalue weighted by Crippen LogP contribution is 2.26. The Hall–Kier alpha value is -2.51. The van der Waals surface area contributed by atoms with Crippen LogP contribution in [0.2, 0.25) is 5.02 Å². The van der Waals surface area contributed by atoms with E-state index in [1.54, 1.807) is 54.1 Å². The van der Waals surface area contributed by atoms with Gasteiger partial charge in [0.05, 0.1) is 4.90 Å². The average molecular weight is 441 g/mol. The molecule has 2 aromatic heterocycles. The summed E-state index contributed by atoms with van der Waals surface area (Å²) in [6.07, 6.45) is 3.45. The molecular weight excluding hydrogens is 424 g/mol. The third-order valence-electron chi connectivity index (χ3n) is 4.39. The van der Waals surface area contributed by atoms with Gasteiger partial charge in [-0.15, -0.1) is 11.3 Å². The molecule has 0 fully saturated rings. The molecule has 2 heterocycles. The van der Waals surface area contributed by atoms with E-state index in [1.807, 2.05) is 41.8 Å². The lowest BCUT2D eigenvalue weighted by molar-refractivity contribution is 0.581. The van der Waals surface area contributed by atoms with Crippen molar-refractivity contribution < 1.29 is 8.42 Å². The Kier molecular flexibility index (Phi) is 5.78. The second-order valence-corrected chi connectivity index (χ2v) is 9.57. The average Bonchev–Trinajstić information content (AvgIpc) is 3.28. The molecule has 0 saturated heterocycles. The van der Waals surface area contributed by atoms with Crippen LogP contribution in [0.4, 0.5) is 0 Å². The summed E-state index contributed by atoms with van der Waals surface area (Å²) in [5, 5.41) is 2.64. The lowest BCUT2D eigenvalue weighted by Crippen LogP contribution is -2.23. The van der Waals surface area contributed by atoms with Gasteiger partial charge in [0.1, 0.15) is 0 Å². The van der Waals surface area contributed by atoms with E-state index in [9.17, 15) is 8.42 Å². The van der Waals surface area contributed by atoms with Gasteiger partial charge < -0.3 is 0 Å². The van der Waals surface area contributed by atoms with Crippen LogP contribution in [0, 0.1) is 0 Å². The Labute approximate surface area is 178 Å². The van der Waals surface area contributed by atoms with Crippen molar-refractivity contribution in [3.05, 3.63) is 95.1 Å². The Morgan fingerprint density at radius 1 is 0.897 bits per heavy atom. The number of hydrogen-bond acceptors (Lipinski definition) is 4. The molecule has 0 unspecified atom stereocenters. The smallest absolute Gasteiger partial charge is 0.240 e. The molecule has 0 atom stereocenters. The van der Waals surface area contributed by atoms with Crippen molar-refractivity contribution in [3.8, 4) is 21.6 Å². The third kappa shape index (κ3) is 4.74. The molecule has 7 heteroatoms. The highest BCUT2D eigenvalue weighted by Gasteiger charge is 2.15. The van der Waals surface area contributed by atoms with E-state index in [-0.39, 0.29) is 11.4 Å². The summed E-state index contributed by atoms with van der Waals surface area (Å²) in [5.74, 6) is 0. The molecule has 0 aliphatic carbocycles. The molecule has 146 valence electrons. The van der Waals surface area contributed by atoms with Crippen molar-refractivity contribution in [3.63, 3.8) is 0 Å². The SMILES string of the molecule is O=S(=O)(NCc1cncc(-c2cccs2)c1)c1cccc(-c2ccc(Cl)cc2)c1. The van der Waals surface area contributed by atoms with Crippen molar-refractivity contribution in [2.24, 2.45) is 0 Å². The summed E-state index contributed by atoms with van der Waals surface area (Å²) < 4.78 is 28.3. The van der Waals surface area contributed by atoms with Gasteiger partial charge >= 0.3 is 0 Å². The predicted molar refractivity (Wildman–Crippen MR) is 118 cm³/mol. The van der Waals surface area contributed by atoms with Gasteiger partial charge in [-0.2, -0.15) is 0 Å². The van der Waals surface area contributed by atoms with Crippen LogP contribution >= 0.6 is 22.9 Å². The minimum absolute atomic E-state index is 0.166. The van der Waals surface area contributed by atoms with Crippen molar-refractivity contribution in [2.75, 3.05) is 0 Å². The molecule has 0 spiro atoms. The molecule has 0 aliphatic heterocycles. The normalized spacial score (nSPS) is 11.5. The first kappa shape index (κ1) is 19.8. The summed E-state index contributed by atoms with van der Waals surface area (Å²) in [7, 11) is -3.67. The fourth-order valence-electron chi connectivity index (χ4n) is 2.91. The van der Waals surface area contributed by atoms with Crippen LogP contribution in [0.25, 0.3) is 21.6 Å². The zero-order valence-electron chi connectivity index (χ0n) is 15.2. The molecule has 0 amide bonds. The van der Waals surface area contributed by atoms with Gasteiger partial charge in [0, 0.05) is 34.4 Å². The van der Waals surface area contributed by atoms with Crippen molar-refractivity contribution in [2.45, 2.75) is 11.4 Å². The number of thiophene rings is 1. The molecule has 1 N–H and O–H groups in total. The summed E-state index contributed by atoms with van der Waals surface area (Å²) in [6, 6.07) is 20.1. The van der Waals surface area contributed by atoms with E-state index >= 15 is 0 Å². The van der Waals surface area contributed by atoms with Crippen molar-refractivity contribution in [1.82, 2.24) is 9.71 Å². The molecule has 0 aliphatic rings. The number of nitrogens with one attached hydrogen (secondary N) is 1. The maximum atomic E-state index is 12.8. The quantitative estimate of drug-likeness (QED) is 0.424. The fourth-order valence-corrected chi connectivity index (χ4v) is 4.81. The zero-order chi connectivity index (χ0) is 20.3. The number of rotatable bonds is 6. The highest BCUT2D eigenvalue weighted by atomic mass is 35.5. The maximum Gasteiger partial charge on any atom is 0.240 e. The van der Waals surface area contributed by atoms with Crippen LogP contribution in [0.3, 0.4) is 0 Å². The van der Waals surface area contributed by atoms with Crippen LogP contribution in [-0.4, -0.2) is 13.4 Å². The minimum Gasteiger partial charge on any atom is -0.264 e. The van der Waals surface area contributed by atoms with Crippen molar-refractivity contribution >= 4 is 33.0 Å². The van der Waals surface area contributed by atoms with Gasteiger partial charge in [0.2, 0.25) is 10.0 Å². The Morgan fingerprint density at radius 2 is 1.72 bits per heavy atom. The van der Waals surface area contributed by atoms with E-state index in [0.717, 1.165) is 27.1 Å². The molecular formula is C22H17ClN2O2S2. The number of pyridine rings is 1.